The van der Waals surface area contributed by atoms with Crippen molar-refractivity contribution in [1.29, 1.82) is 0 Å². The second-order valence-electron chi connectivity index (χ2n) is 7.42. The summed E-state index contributed by atoms with van der Waals surface area (Å²) >= 11 is 0. The zero-order chi connectivity index (χ0) is 21.2. The Morgan fingerprint density at radius 2 is 1.71 bits per heavy atom. The normalized spacial score (nSPS) is 12.5. The molecule has 2 heterocycles. The molecule has 1 aliphatic heterocycles. The minimum Gasteiger partial charge on any atom is -0.354 e. The number of amides is 2. The molecule has 0 unspecified atom stereocenters. The Labute approximate surface area is 179 Å². The first-order valence-corrected chi connectivity index (χ1v) is 10.1. The van der Waals surface area contributed by atoms with E-state index in [1.807, 2.05) is 60.7 Å². The number of aromatic nitrogens is 1. The van der Waals surface area contributed by atoms with E-state index < -0.39 is 0 Å². The third-order valence-corrected chi connectivity index (χ3v) is 5.41. The van der Waals surface area contributed by atoms with Crippen LogP contribution < -0.4 is 10.7 Å². The fourth-order valence-corrected chi connectivity index (χ4v) is 3.91. The summed E-state index contributed by atoms with van der Waals surface area (Å²) < 4.78 is 0. The van der Waals surface area contributed by atoms with Gasteiger partial charge in [-0.1, -0.05) is 60.7 Å². The van der Waals surface area contributed by atoms with E-state index in [0.717, 1.165) is 39.7 Å². The van der Waals surface area contributed by atoms with Crippen LogP contribution in [0.3, 0.4) is 0 Å². The van der Waals surface area contributed by atoms with Gasteiger partial charge in [0, 0.05) is 28.6 Å². The number of carbonyl (C=O) groups excluding carboxylic acids is 2. The number of carbonyl (C=O) groups is 2. The van der Waals surface area contributed by atoms with Crippen molar-refractivity contribution in [1.82, 2.24) is 15.7 Å². The quantitative estimate of drug-likeness (QED) is 0.468. The van der Waals surface area contributed by atoms with Crippen molar-refractivity contribution >= 4 is 28.9 Å². The maximum Gasteiger partial charge on any atom is 0.272 e. The highest BCUT2D eigenvalue weighted by atomic mass is 16.2. The van der Waals surface area contributed by atoms with Gasteiger partial charge < -0.3 is 10.3 Å². The SMILES string of the molecule is O=C(NCCc1ccccc1)c1cc2c3c(c(-c4ccccc4)[nH]c3c1)C=NNC2=O. The molecule has 0 fully saturated rings. The maximum atomic E-state index is 12.8. The molecule has 3 aromatic carbocycles. The molecular formula is C25H20N4O2. The average Bonchev–Trinajstić information content (AvgIpc) is 3.09. The van der Waals surface area contributed by atoms with Gasteiger partial charge in [0.15, 0.2) is 0 Å². The Balaban J connectivity index is 1.50. The fraction of sp³-hybridized carbons (Fsp3) is 0.0800. The van der Waals surface area contributed by atoms with E-state index in [2.05, 4.69) is 20.8 Å². The molecule has 1 aliphatic rings. The fourth-order valence-electron chi connectivity index (χ4n) is 3.91. The van der Waals surface area contributed by atoms with Gasteiger partial charge in [-0.05, 0) is 29.7 Å². The molecule has 2 amide bonds. The summed E-state index contributed by atoms with van der Waals surface area (Å²) in [4.78, 5) is 28.9. The van der Waals surface area contributed by atoms with Gasteiger partial charge in [-0.3, -0.25) is 9.59 Å². The van der Waals surface area contributed by atoms with Crippen LogP contribution in [0.15, 0.2) is 77.9 Å². The molecule has 0 atom stereocenters. The molecule has 5 rings (SSSR count). The van der Waals surface area contributed by atoms with Crippen LogP contribution in [-0.4, -0.2) is 29.6 Å². The van der Waals surface area contributed by atoms with Crippen LogP contribution in [0.2, 0.25) is 0 Å². The highest BCUT2D eigenvalue weighted by molar-refractivity contribution is 6.18. The predicted octanol–water partition coefficient (Wildman–Crippen LogP) is 3.88. The van der Waals surface area contributed by atoms with Gasteiger partial charge in [0.05, 0.1) is 17.5 Å². The highest BCUT2D eigenvalue weighted by Crippen LogP contribution is 2.33. The van der Waals surface area contributed by atoms with E-state index in [1.165, 1.54) is 0 Å². The lowest BCUT2D eigenvalue weighted by Crippen LogP contribution is -2.26. The summed E-state index contributed by atoms with van der Waals surface area (Å²) in [5.74, 6) is -0.554. The lowest BCUT2D eigenvalue weighted by Gasteiger charge is -2.08. The molecule has 6 nitrogen and oxygen atoms in total. The van der Waals surface area contributed by atoms with Crippen LogP contribution >= 0.6 is 0 Å². The van der Waals surface area contributed by atoms with Gasteiger partial charge in [-0.2, -0.15) is 5.10 Å². The number of aromatic amines is 1. The Hall–Kier alpha value is -4.19. The smallest absolute Gasteiger partial charge is 0.272 e. The van der Waals surface area contributed by atoms with Crippen molar-refractivity contribution in [2.45, 2.75) is 6.42 Å². The van der Waals surface area contributed by atoms with Crippen LogP contribution in [0.1, 0.15) is 31.8 Å². The van der Waals surface area contributed by atoms with Crippen molar-refractivity contribution < 1.29 is 9.59 Å². The monoisotopic (exact) mass is 408 g/mol. The van der Waals surface area contributed by atoms with Gasteiger partial charge in [0.25, 0.3) is 11.8 Å². The van der Waals surface area contributed by atoms with Gasteiger partial charge in [0.1, 0.15) is 0 Å². The molecule has 6 heteroatoms. The first kappa shape index (κ1) is 18.8. The second kappa shape index (κ2) is 7.91. The van der Waals surface area contributed by atoms with Gasteiger partial charge in [-0.15, -0.1) is 0 Å². The van der Waals surface area contributed by atoms with Crippen molar-refractivity contribution in [2.75, 3.05) is 6.54 Å². The number of benzene rings is 3. The van der Waals surface area contributed by atoms with Gasteiger partial charge in [0.2, 0.25) is 0 Å². The Kier molecular flexibility index (Phi) is 4.80. The van der Waals surface area contributed by atoms with Crippen molar-refractivity contribution in [2.24, 2.45) is 5.10 Å². The van der Waals surface area contributed by atoms with E-state index in [4.69, 9.17) is 0 Å². The summed E-state index contributed by atoms with van der Waals surface area (Å²) in [7, 11) is 0. The predicted molar refractivity (Wildman–Crippen MR) is 121 cm³/mol. The van der Waals surface area contributed by atoms with Crippen LogP contribution in [-0.2, 0) is 6.42 Å². The Bertz CT molecular complexity index is 1310. The number of nitrogens with zero attached hydrogens (tertiary/aromatic N) is 1. The minimum absolute atomic E-state index is 0.218. The first-order chi connectivity index (χ1) is 15.2. The largest absolute Gasteiger partial charge is 0.354 e. The number of rotatable bonds is 5. The van der Waals surface area contributed by atoms with Crippen LogP contribution in [0.5, 0.6) is 0 Å². The van der Waals surface area contributed by atoms with E-state index in [9.17, 15) is 9.59 Å². The second-order valence-corrected chi connectivity index (χ2v) is 7.42. The summed E-state index contributed by atoms with van der Waals surface area (Å²) in [5.41, 5.74) is 7.94. The summed E-state index contributed by atoms with van der Waals surface area (Å²) in [6.07, 6.45) is 2.38. The molecule has 1 aromatic heterocycles. The molecular weight excluding hydrogens is 388 g/mol. The summed E-state index contributed by atoms with van der Waals surface area (Å²) in [6, 6.07) is 23.3. The van der Waals surface area contributed by atoms with Gasteiger partial charge >= 0.3 is 0 Å². The molecule has 4 aromatic rings. The molecule has 31 heavy (non-hydrogen) atoms. The molecule has 152 valence electrons. The molecule has 3 N–H and O–H groups in total. The number of H-pyrrole nitrogens is 1. The van der Waals surface area contributed by atoms with Gasteiger partial charge in [-0.25, -0.2) is 5.43 Å². The zero-order valence-electron chi connectivity index (χ0n) is 16.7. The molecule has 0 saturated heterocycles. The van der Waals surface area contributed by atoms with Crippen LogP contribution in [0.25, 0.3) is 22.2 Å². The van der Waals surface area contributed by atoms with E-state index in [0.29, 0.717) is 17.7 Å². The summed E-state index contributed by atoms with van der Waals surface area (Å²) in [5, 5.41) is 7.77. The van der Waals surface area contributed by atoms with E-state index in [-0.39, 0.29) is 11.8 Å². The van der Waals surface area contributed by atoms with Crippen molar-refractivity contribution in [3.63, 3.8) is 0 Å². The minimum atomic E-state index is -0.336. The zero-order valence-corrected chi connectivity index (χ0v) is 16.7. The molecule has 0 spiro atoms. The number of hydrogen-bond acceptors (Lipinski definition) is 3. The maximum absolute atomic E-state index is 12.8. The number of hydrazone groups is 1. The Morgan fingerprint density at radius 3 is 2.48 bits per heavy atom. The van der Waals surface area contributed by atoms with E-state index in [1.54, 1.807) is 18.3 Å². The lowest BCUT2D eigenvalue weighted by atomic mass is 10.00. The first-order valence-electron chi connectivity index (χ1n) is 10.1. The third-order valence-electron chi connectivity index (χ3n) is 5.41. The standard InChI is InChI=1S/C25H20N4O2/c30-24(26-12-11-16-7-3-1-4-8-16)18-13-19-22-20(15-27-29-25(19)31)23(28-21(22)14-18)17-9-5-2-6-10-17/h1-10,13-15,28H,11-12H2,(H,26,30)(H,29,31). The lowest BCUT2D eigenvalue weighted by molar-refractivity contribution is 0.0954. The van der Waals surface area contributed by atoms with Crippen molar-refractivity contribution in [3.8, 4) is 11.3 Å². The number of nitrogens with one attached hydrogen (secondary N) is 3. The number of hydrogen-bond donors (Lipinski definition) is 3. The van der Waals surface area contributed by atoms with E-state index >= 15 is 0 Å². The van der Waals surface area contributed by atoms with Crippen LogP contribution in [0.4, 0.5) is 0 Å². The van der Waals surface area contributed by atoms with Crippen molar-refractivity contribution in [3.05, 3.63) is 95.1 Å². The topological polar surface area (TPSA) is 86.3 Å². The third kappa shape index (κ3) is 3.59. The molecule has 0 saturated carbocycles. The Morgan fingerprint density at radius 1 is 0.968 bits per heavy atom. The molecule has 0 radical (unpaired) electrons. The summed E-state index contributed by atoms with van der Waals surface area (Å²) in [6.45, 7) is 0.511. The molecule has 0 bridgehead atoms. The molecule has 0 aliphatic carbocycles. The highest BCUT2D eigenvalue weighted by Gasteiger charge is 2.23. The van der Waals surface area contributed by atoms with Crippen LogP contribution in [0, 0.1) is 0 Å². The average molecular weight is 408 g/mol.